The van der Waals surface area contributed by atoms with Gasteiger partial charge < -0.3 is 5.32 Å². The van der Waals surface area contributed by atoms with Crippen molar-refractivity contribution in [1.29, 1.82) is 0 Å². The number of nitrogens with zero attached hydrogens (tertiary/aromatic N) is 1. The van der Waals surface area contributed by atoms with Gasteiger partial charge in [0, 0.05) is 17.8 Å². The molecular formula is C11H16N2O2S. The van der Waals surface area contributed by atoms with Gasteiger partial charge in [-0.1, -0.05) is 0 Å². The molecule has 2 aliphatic heterocycles. The molecule has 1 N–H and O–H groups in total. The van der Waals surface area contributed by atoms with Crippen molar-refractivity contribution in [1.82, 2.24) is 10.2 Å². The Balaban J connectivity index is 1.63. The Kier molecular flexibility index (Phi) is 2.67. The van der Waals surface area contributed by atoms with Crippen LogP contribution in [0.1, 0.15) is 25.7 Å². The first-order valence-corrected chi connectivity index (χ1v) is 7.11. The van der Waals surface area contributed by atoms with Gasteiger partial charge >= 0.3 is 0 Å². The van der Waals surface area contributed by atoms with Gasteiger partial charge in [0.05, 0.1) is 12.5 Å². The number of thioether (sulfide) groups is 1. The quantitative estimate of drug-likeness (QED) is 0.724. The number of nitrogens with one attached hydrogen (secondary N) is 1. The van der Waals surface area contributed by atoms with Crippen molar-refractivity contribution < 1.29 is 9.59 Å². The smallest absolute Gasteiger partial charge is 0.247 e. The van der Waals surface area contributed by atoms with Gasteiger partial charge in [0.15, 0.2) is 0 Å². The molecule has 2 amide bonds. The van der Waals surface area contributed by atoms with Gasteiger partial charge in [-0.25, -0.2) is 0 Å². The first kappa shape index (κ1) is 10.6. The maximum absolute atomic E-state index is 12.0. The number of hydrogen-bond donors (Lipinski definition) is 1. The van der Waals surface area contributed by atoms with E-state index in [4.69, 9.17) is 0 Å². The van der Waals surface area contributed by atoms with Crippen molar-refractivity contribution in [3.63, 3.8) is 0 Å². The minimum atomic E-state index is -0.239. The van der Waals surface area contributed by atoms with Crippen LogP contribution in [0.5, 0.6) is 0 Å². The van der Waals surface area contributed by atoms with Crippen molar-refractivity contribution in [2.45, 2.75) is 43.8 Å². The molecule has 0 radical (unpaired) electrons. The normalized spacial score (nSPS) is 35.1. The van der Waals surface area contributed by atoms with E-state index in [1.807, 2.05) is 11.8 Å². The molecule has 88 valence electrons. The number of hydrogen-bond acceptors (Lipinski definition) is 4. The summed E-state index contributed by atoms with van der Waals surface area (Å²) < 4.78 is 0. The summed E-state index contributed by atoms with van der Waals surface area (Å²) >= 11 is 1.91. The van der Waals surface area contributed by atoms with Crippen LogP contribution in [-0.2, 0) is 9.59 Å². The summed E-state index contributed by atoms with van der Waals surface area (Å²) in [7, 11) is 0. The zero-order chi connectivity index (χ0) is 11.1. The lowest BCUT2D eigenvalue weighted by Crippen LogP contribution is -2.44. The third-order valence-corrected chi connectivity index (χ3v) is 4.62. The van der Waals surface area contributed by atoms with Crippen LogP contribution in [0.25, 0.3) is 0 Å². The summed E-state index contributed by atoms with van der Waals surface area (Å²) in [6, 6.07) is 0.410. The zero-order valence-corrected chi connectivity index (χ0v) is 9.96. The van der Waals surface area contributed by atoms with Gasteiger partial charge in [-0.05, 0) is 25.0 Å². The molecule has 4 nitrogen and oxygen atoms in total. The first-order chi connectivity index (χ1) is 7.75. The Morgan fingerprint density at radius 3 is 2.69 bits per heavy atom. The predicted octanol–water partition coefficient (Wildman–Crippen LogP) is 0.371. The maximum atomic E-state index is 12.0. The first-order valence-electron chi connectivity index (χ1n) is 5.95. The average Bonchev–Trinajstić information content (AvgIpc) is 2.86. The Labute approximate surface area is 99.1 Å². The second-order valence-electron chi connectivity index (χ2n) is 4.82. The van der Waals surface area contributed by atoms with E-state index in [1.54, 1.807) is 0 Å². The van der Waals surface area contributed by atoms with E-state index >= 15 is 0 Å². The molecule has 1 aliphatic carbocycles. The summed E-state index contributed by atoms with van der Waals surface area (Å²) in [5.74, 6) is 2.28. The SMILES string of the molecule is O=C1CC(NC2CCSC2)C(=O)N1C1CC1. The molecule has 5 heteroatoms. The number of rotatable bonds is 3. The van der Waals surface area contributed by atoms with Gasteiger partial charge in [0.2, 0.25) is 11.8 Å². The van der Waals surface area contributed by atoms with E-state index in [2.05, 4.69) is 5.32 Å². The van der Waals surface area contributed by atoms with Crippen LogP contribution in [0.3, 0.4) is 0 Å². The molecule has 2 unspecified atom stereocenters. The topological polar surface area (TPSA) is 49.4 Å². The summed E-state index contributed by atoms with van der Waals surface area (Å²) in [6.45, 7) is 0. The van der Waals surface area contributed by atoms with Crippen molar-refractivity contribution in [3.8, 4) is 0 Å². The van der Waals surface area contributed by atoms with E-state index in [1.165, 1.54) is 10.7 Å². The van der Waals surface area contributed by atoms with Gasteiger partial charge in [0.25, 0.3) is 0 Å². The van der Waals surface area contributed by atoms with Crippen LogP contribution >= 0.6 is 11.8 Å². The molecular weight excluding hydrogens is 224 g/mol. The summed E-state index contributed by atoms with van der Waals surface area (Å²) in [5, 5.41) is 3.34. The number of likely N-dealkylation sites (tertiary alicyclic amines) is 1. The fraction of sp³-hybridized carbons (Fsp3) is 0.818. The Bertz CT molecular complexity index is 324. The van der Waals surface area contributed by atoms with Crippen LogP contribution in [-0.4, -0.2) is 46.3 Å². The number of amides is 2. The van der Waals surface area contributed by atoms with E-state index < -0.39 is 0 Å². The van der Waals surface area contributed by atoms with Gasteiger partial charge in [-0.15, -0.1) is 0 Å². The minimum absolute atomic E-state index is 0.0180. The van der Waals surface area contributed by atoms with E-state index in [-0.39, 0.29) is 23.9 Å². The van der Waals surface area contributed by atoms with Gasteiger partial charge in [0.1, 0.15) is 0 Å². The third-order valence-electron chi connectivity index (χ3n) is 3.46. The van der Waals surface area contributed by atoms with Gasteiger partial charge in [-0.2, -0.15) is 11.8 Å². The molecule has 2 saturated heterocycles. The van der Waals surface area contributed by atoms with Crippen molar-refractivity contribution >= 4 is 23.6 Å². The predicted molar refractivity (Wildman–Crippen MR) is 62.1 cm³/mol. The lowest BCUT2D eigenvalue weighted by Gasteiger charge is -2.17. The molecule has 1 saturated carbocycles. The molecule has 3 rings (SSSR count). The van der Waals surface area contributed by atoms with E-state index in [9.17, 15) is 9.59 Å². The molecule has 0 aromatic carbocycles. The fourth-order valence-corrected chi connectivity index (χ4v) is 3.61. The second kappa shape index (κ2) is 4.04. The number of carbonyl (C=O) groups is 2. The molecule has 0 bridgehead atoms. The van der Waals surface area contributed by atoms with Gasteiger partial charge in [-0.3, -0.25) is 14.5 Å². The maximum Gasteiger partial charge on any atom is 0.247 e. The molecule has 16 heavy (non-hydrogen) atoms. The Hall–Kier alpha value is -0.550. The van der Waals surface area contributed by atoms with Crippen LogP contribution in [0.15, 0.2) is 0 Å². The van der Waals surface area contributed by atoms with Crippen molar-refractivity contribution in [2.75, 3.05) is 11.5 Å². The number of carbonyl (C=O) groups excluding carboxylic acids is 2. The van der Waals surface area contributed by atoms with E-state index in [0.29, 0.717) is 12.5 Å². The molecule has 0 aromatic heterocycles. The third kappa shape index (κ3) is 1.86. The van der Waals surface area contributed by atoms with Crippen LogP contribution < -0.4 is 5.32 Å². The average molecular weight is 240 g/mol. The standard InChI is InChI=1S/C11H16N2O2S/c14-10-5-9(12-7-3-4-16-6-7)11(15)13(10)8-1-2-8/h7-9,12H,1-6H2. The molecule has 0 spiro atoms. The zero-order valence-electron chi connectivity index (χ0n) is 9.15. The Morgan fingerprint density at radius 2 is 2.06 bits per heavy atom. The minimum Gasteiger partial charge on any atom is -0.302 e. The molecule has 2 heterocycles. The highest BCUT2D eigenvalue weighted by Gasteiger charge is 2.46. The largest absolute Gasteiger partial charge is 0.302 e. The van der Waals surface area contributed by atoms with Crippen LogP contribution in [0.4, 0.5) is 0 Å². The number of imide groups is 1. The lowest BCUT2D eigenvalue weighted by molar-refractivity contribution is -0.139. The molecule has 3 aliphatic rings. The summed E-state index contributed by atoms with van der Waals surface area (Å²) in [6.07, 6.45) is 3.50. The Morgan fingerprint density at radius 1 is 1.25 bits per heavy atom. The lowest BCUT2D eigenvalue weighted by atomic mass is 10.2. The molecule has 2 atom stereocenters. The van der Waals surface area contributed by atoms with Crippen molar-refractivity contribution in [2.24, 2.45) is 0 Å². The summed E-state index contributed by atoms with van der Waals surface area (Å²) in [5.41, 5.74) is 0. The molecule has 3 fully saturated rings. The summed E-state index contributed by atoms with van der Waals surface area (Å²) in [4.78, 5) is 25.2. The van der Waals surface area contributed by atoms with E-state index in [0.717, 1.165) is 25.0 Å². The van der Waals surface area contributed by atoms with Crippen molar-refractivity contribution in [3.05, 3.63) is 0 Å². The fourth-order valence-electron chi connectivity index (χ4n) is 2.45. The highest BCUT2D eigenvalue weighted by Crippen LogP contribution is 2.31. The van der Waals surface area contributed by atoms with Crippen LogP contribution in [0, 0.1) is 0 Å². The van der Waals surface area contributed by atoms with Crippen LogP contribution in [0.2, 0.25) is 0 Å². The molecule has 0 aromatic rings. The monoisotopic (exact) mass is 240 g/mol. The highest BCUT2D eigenvalue weighted by molar-refractivity contribution is 7.99. The second-order valence-corrected chi connectivity index (χ2v) is 5.97. The highest BCUT2D eigenvalue weighted by atomic mass is 32.2.